The zero-order valence-electron chi connectivity index (χ0n) is 14.8. The zero-order valence-corrected chi connectivity index (χ0v) is 17.3. The molecular formula is C19H18FN3OS3. The molecule has 27 heavy (non-hydrogen) atoms. The number of thioether (sulfide) groups is 1. The van der Waals surface area contributed by atoms with Gasteiger partial charge in [0.05, 0.1) is 11.4 Å². The Morgan fingerprint density at radius 1 is 1.26 bits per heavy atom. The van der Waals surface area contributed by atoms with Gasteiger partial charge in [-0.15, -0.1) is 5.10 Å². The molecule has 1 heterocycles. The fourth-order valence-electron chi connectivity index (χ4n) is 2.49. The van der Waals surface area contributed by atoms with Crippen molar-refractivity contribution in [2.75, 3.05) is 11.1 Å². The molecule has 140 valence electrons. The lowest BCUT2D eigenvalue weighted by Gasteiger charge is -2.13. The minimum Gasteiger partial charge on any atom is -0.325 e. The van der Waals surface area contributed by atoms with Crippen molar-refractivity contribution in [2.45, 2.75) is 24.1 Å². The van der Waals surface area contributed by atoms with Crippen molar-refractivity contribution in [2.24, 2.45) is 0 Å². The fourth-order valence-corrected chi connectivity index (χ4v) is 4.65. The van der Waals surface area contributed by atoms with E-state index in [-0.39, 0.29) is 17.5 Å². The summed E-state index contributed by atoms with van der Waals surface area (Å²) in [6.07, 6.45) is 0. The molecule has 0 aliphatic rings. The molecule has 0 saturated heterocycles. The van der Waals surface area contributed by atoms with E-state index in [1.54, 1.807) is 16.8 Å². The van der Waals surface area contributed by atoms with Crippen molar-refractivity contribution in [3.63, 3.8) is 0 Å². The van der Waals surface area contributed by atoms with Gasteiger partial charge in [-0.1, -0.05) is 55.1 Å². The molecule has 8 heteroatoms. The molecule has 0 aliphatic carbocycles. The highest BCUT2D eigenvalue weighted by Gasteiger charge is 2.12. The predicted molar refractivity (Wildman–Crippen MR) is 112 cm³/mol. The molecule has 2 aromatic carbocycles. The summed E-state index contributed by atoms with van der Waals surface area (Å²) >= 11 is 7.98. The second-order valence-corrected chi connectivity index (χ2v) is 8.95. The number of para-hydroxylation sites is 1. The van der Waals surface area contributed by atoms with Gasteiger partial charge in [0.25, 0.3) is 0 Å². The third kappa shape index (κ3) is 5.03. The number of carbonyl (C=O) groups excluding carboxylic acids is 1. The van der Waals surface area contributed by atoms with Gasteiger partial charge < -0.3 is 5.32 Å². The number of aromatic nitrogens is 2. The standard InChI is InChI=1S/C19H18FN3OS3/c1-12(2)15-5-3-4-6-16(15)21-17(24)11-26-18-22-23(19(25)27-18)14-9-7-13(20)8-10-14/h3-10,12H,11H2,1-2H3,(H,21,24). The van der Waals surface area contributed by atoms with E-state index in [9.17, 15) is 9.18 Å². The maximum atomic E-state index is 13.1. The number of rotatable bonds is 6. The monoisotopic (exact) mass is 419 g/mol. The van der Waals surface area contributed by atoms with Gasteiger partial charge in [-0.25, -0.2) is 9.07 Å². The Morgan fingerprint density at radius 2 is 1.96 bits per heavy atom. The Bertz CT molecular complexity index is 996. The van der Waals surface area contributed by atoms with Crippen LogP contribution in [0.5, 0.6) is 0 Å². The Kier molecular flexibility index (Phi) is 6.41. The Hall–Kier alpha value is -2.03. The molecule has 0 atom stereocenters. The van der Waals surface area contributed by atoms with Gasteiger partial charge >= 0.3 is 0 Å². The molecule has 1 aromatic heterocycles. The minimum atomic E-state index is -0.312. The smallest absolute Gasteiger partial charge is 0.234 e. The van der Waals surface area contributed by atoms with Gasteiger partial charge in [-0.2, -0.15) is 0 Å². The molecule has 0 fully saturated rings. The number of amides is 1. The highest BCUT2D eigenvalue weighted by molar-refractivity contribution is 8.01. The highest BCUT2D eigenvalue weighted by atomic mass is 32.2. The van der Waals surface area contributed by atoms with E-state index in [1.165, 1.54) is 35.2 Å². The van der Waals surface area contributed by atoms with Gasteiger partial charge in [0, 0.05) is 5.69 Å². The van der Waals surface area contributed by atoms with Crippen LogP contribution in [0.2, 0.25) is 0 Å². The molecule has 0 spiro atoms. The van der Waals surface area contributed by atoms with E-state index >= 15 is 0 Å². The van der Waals surface area contributed by atoms with Crippen LogP contribution in [0.1, 0.15) is 25.3 Å². The Balaban J connectivity index is 1.65. The molecule has 1 amide bonds. The molecular weight excluding hydrogens is 401 g/mol. The van der Waals surface area contributed by atoms with E-state index in [0.29, 0.717) is 19.9 Å². The van der Waals surface area contributed by atoms with Crippen LogP contribution < -0.4 is 5.32 Å². The third-order valence-corrected chi connectivity index (χ3v) is 6.15. The minimum absolute atomic E-state index is 0.0949. The van der Waals surface area contributed by atoms with Gasteiger partial charge in [-0.05, 0) is 54.0 Å². The summed E-state index contributed by atoms with van der Waals surface area (Å²) in [6, 6.07) is 13.8. The summed E-state index contributed by atoms with van der Waals surface area (Å²) in [6.45, 7) is 4.18. The SMILES string of the molecule is CC(C)c1ccccc1NC(=O)CSc1nn(-c2ccc(F)cc2)c(=S)s1. The van der Waals surface area contributed by atoms with E-state index in [1.807, 2.05) is 24.3 Å². The predicted octanol–water partition coefficient (Wildman–Crippen LogP) is 5.66. The second kappa shape index (κ2) is 8.77. The third-order valence-electron chi connectivity index (χ3n) is 3.78. The molecule has 3 rings (SSSR count). The van der Waals surface area contributed by atoms with Crippen molar-refractivity contribution in [1.82, 2.24) is 9.78 Å². The molecule has 4 nitrogen and oxygen atoms in total. The zero-order chi connectivity index (χ0) is 19.4. The number of benzene rings is 2. The van der Waals surface area contributed by atoms with Crippen LogP contribution >= 0.6 is 35.3 Å². The van der Waals surface area contributed by atoms with Gasteiger partial charge in [0.15, 0.2) is 8.29 Å². The van der Waals surface area contributed by atoms with Gasteiger partial charge in [-0.3, -0.25) is 4.79 Å². The Morgan fingerprint density at radius 3 is 2.67 bits per heavy atom. The summed E-state index contributed by atoms with van der Waals surface area (Å²) in [4.78, 5) is 12.3. The topological polar surface area (TPSA) is 46.9 Å². The lowest BCUT2D eigenvalue weighted by atomic mass is 10.0. The van der Waals surface area contributed by atoms with Crippen molar-refractivity contribution in [3.8, 4) is 5.69 Å². The van der Waals surface area contributed by atoms with Crippen LogP contribution in [0.25, 0.3) is 5.69 Å². The van der Waals surface area contributed by atoms with E-state index in [4.69, 9.17) is 12.2 Å². The summed E-state index contributed by atoms with van der Waals surface area (Å²) in [5, 5.41) is 7.39. The molecule has 0 radical (unpaired) electrons. The molecule has 0 unspecified atom stereocenters. The van der Waals surface area contributed by atoms with Gasteiger partial charge in [0.2, 0.25) is 5.91 Å². The summed E-state index contributed by atoms with van der Waals surface area (Å²) in [5.41, 5.74) is 2.63. The van der Waals surface area contributed by atoms with E-state index in [2.05, 4.69) is 24.3 Å². The average Bonchev–Trinajstić information content (AvgIpc) is 3.02. The van der Waals surface area contributed by atoms with Crippen molar-refractivity contribution < 1.29 is 9.18 Å². The number of nitrogens with one attached hydrogen (secondary N) is 1. The number of hydrogen-bond acceptors (Lipinski definition) is 5. The summed E-state index contributed by atoms with van der Waals surface area (Å²) in [5.74, 6) is 0.152. The number of hydrogen-bond donors (Lipinski definition) is 1. The molecule has 0 saturated carbocycles. The van der Waals surface area contributed by atoms with Crippen molar-refractivity contribution >= 4 is 46.9 Å². The lowest BCUT2D eigenvalue weighted by molar-refractivity contribution is -0.113. The summed E-state index contributed by atoms with van der Waals surface area (Å²) in [7, 11) is 0. The highest BCUT2D eigenvalue weighted by Crippen LogP contribution is 2.26. The first-order valence-electron chi connectivity index (χ1n) is 8.31. The number of halogens is 1. The Labute approximate surface area is 170 Å². The molecule has 3 aromatic rings. The summed E-state index contributed by atoms with van der Waals surface area (Å²) < 4.78 is 15.9. The maximum absolute atomic E-state index is 13.1. The van der Waals surface area contributed by atoms with Crippen LogP contribution in [-0.4, -0.2) is 21.4 Å². The molecule has 1 N–H and O–H groups in total. The lowest BCUT2D eigenvalue weighted by Crippen LogP contribution is -2.15. The maximum Gasteiger partial charge on any atom is 0.234 e. The fraction of sp³-hybridized carbons (Fsp3) is 0.211. The number of carbonyl (C=O) groups is 1. The second-order valence-electron chi connectivity index (χ2n) is 6.10. The quantitative estimate of drug-likeness (QED) is 0.414. The largest absolute Gasteiger partial charge is 0.325 e. The van der Waals surface area contributed by atoms with Crippen LogP contribution in [0, 0.1) is 9.77 Å². The van der Waals surface area contributed by atoms with E-state index < -0.39 is 0 Å². The van der Waals surface area contributed by atoms with Gasteiger partial charge in [0.1, 0.15) is 5.82 Å². The number of anilines is 1. The van der Waals surface area contributed by atoms with Crippen molar-refractivity contribution in [3.05, 3.63) is 63.9 Å². The van der Waals surface area contributed by atoms with Crippen molar-refractivity contribution in [1.29, 1.82) is 0 Å². The first-order chi connectivity index (χ1) is 12.9. The average molecular weight is 420 g/mol. The normalized spacial score (nSPS) is 11.0. The van der Waals surface area contributed by atoms with Crippen LogP contribution in [0.4, 0.5) is 10.1 Å². The van der Waals surface area contributed by atoms with Crippen LogP contribution in [-0.2, 0) is 4.79 Å². The first kappa shape index (κ1) is 19.7. The van der Waals surface area contributed by atoms with Crippen LogP contribution in [0.3, 0.4) is 0 Å². The first-order valence-corrected chi connectivity index (χ1v) is 10.5. The molecule has 0 bridgehead atoms. The van der Waals surface area contributed by atoms with Crippen LogP contribution in [0.15, 0.2) is 52.9 Å². The molecule has 0 aliphatic heterocycles. The number of nitrogens with zero attached hydrogens (tertiary/aromatic N) is 2. The van der Waals surface area contributed by atoms with E-state index in [0.717, 1.165) is 11.3 Å².